The average Bonchev–Trinajstić information content (AvgIpc) is 3.19. The van der Waals surface area contributed by atoms with Gasteiger partial charge in [-0.3, -0.25) is 0 Å². The van der Waals surface area contributed by atoms with E-state index in [0.29, 0.717) is 6.04 Å². The Bertz CT molecular complexity index is 519. The van der Waals surface area contributed by atoms with Crippen molar-refractivity contribution in [3.8, 4) is 0 Å². The number of carbonyl (C=O) groups is 1. The highest BCUT2D eigenvalue weighted by molar-refractivity contribution is 9.13. The number of hydrogen-bond acceptors (Lipinski definition) is 4. The van der Waals surface area contributed by atoms with E-state index in [-0.39, 0.29) is 6.09 Å². The molecule has 23 heavy (non-hydrogen) atoms. The van der Waals surface area contributed by atoms with Gasteiger partial charge in [-0.25, -0.2) is 4.79 Å². The minimum Gasteiger partial charge on any atom is -0.444 e. The number of ether oxygens (including phenoxy) is 1. The number of hydrogen-bond donors (Lipinski definition) is 1. The molecule has 1 aliphatic rings. The minimum atomic E-state index is -0.428. The van der Waals surface area contributed by atoms with E-state index in [0.717, 1.165) is 47.2 Å². The number of nitrogens with zero attached hydrogens (tertiary/aromatic N) is 1. The van der Waals surface area contributed by atoms with Crippen LogP contribution in [-0.2, 0) is 11.3 Å². The molecule has 1 aliphatic carbocycles. The van der Waals surface area contributed by atoms with Gasteiger partial charge in [-0.15, -0.1) is 11.3 Å². The van der Waals surface area contributed by atoms with Crippen LogP contribution in [0.5, 0.6) is 0 Å². The third kappa shape index (κ3) is 6.72. The lowest BCUT2D eigenvalue weighted by Gasteiger charge is -2.27. The van der Waals surface area contributed by atoms with Gasteiger partial charge in [-0.05, 0) is 84.5 Å². The summed E-state index contributed by atoms with van der Waals surface area (Å²) in [5.41, 5.74) is -0.428. The second-order valence-electron chi connectivity index (χ2n) is 6.77. The SMILES string of the molecule is CC(C)(C)OC(=O)N(CCCNCc1cc(Br)c(Br)s1)C1CC1. The first-order chi connectivity index (χ1) is 10.8. The van der Waals surface area contributed by atoms with Gasteiger partial charge in [-0.1, -0.05) is 0 Å². The molecule has 1 saturated carbocycles. The third-order valence-electron chi connectivity index (χ3n) is 3.36. The molecule has 0 unspecified atom stereocenters. The lowest BCUT2D eigenvalue weighted by Crippen LogP contribution is -2.39. The van der Waals surface area contributed by atoms with Crippen molar-refractivity contribution in [2.75, 3.05) is 13.1 Å². The number of thiophene rings is 1. The van der Waals surface area contributed by atoms with E-state index in [9.17, 15) is 4.79 Å². The molecule has 130 valence electrons. The summed E-state index contributed by atoms with van der Waals surface area (Å²) in [7, 11) is 0. The molecule has 0 atom stereocenters. The monoisotopic (exact) mass is 466 g/mol. The van der Waals surface area contributed by atoms with E-state index in [1.54, 1.807) is 11.3 Å². The summed E-state index contributed by atoms with van der Waals surface area (Å²) in [6.07, 6.45) is 2.96. The number of halogens is 2. The van der Waals surface area contributed by atoms with Crippen LogP contribution in [0.2, 0.25) is 0 Å². The van der Waals surface area contributed by atoms with Crippen LogP contribution in [0.15, 0.2) is 14.3 Å². The summed E-state index contributed by atoms with van der Waals surface area (Å²) in [5, 5.41) is 3.43. The fourth-order valence-electron chi connectivity index (χ4n) is 2.19. The Morgan fingerprint density at radius 3 is 2.65 bits per heavy atom. The lowest BCUT2D eigenvalue weighted by molar-refractivity contribution is 0.0232. The second-order valence-corrected chi connectivity index (χ2v) is 10.1. The largest absolute Gasteiger partial charge is 0.444 e. The summed E-state index contributed by atoms with van der Waals surface area (Å²) >= 11 is 8.73. The Labute approximate surface area is 159 Å². The Balaban J connectivity index is 1.69. The molecule has 1 heterocycles. The van der Waals surface area contributed by atoms with Crippen molar-refractivity contribution < 1.29 is 9.53 Å². The van der Waals surface area contributed by atoms with Gasteiger partial charge < -0.3 is 15.0 Å². The predicted octanol–water partition coefficient (Wildman–Crippen LogP) is 5.15. The van der Waals surface area contributed by atoms with Crippen LogP contribution in [0.1, 0.15) is 44.9 Å². The topological polar surface area (TPSA) is 41.6 Å². The summed E-state index contributed by atoms with van der Waals surface area (Å²) in [5.74, 6) is 0. The van der Waals surface area contributed by atoms with Crippen molar-refractivity contribution in [2.24, 2.45) is 0 Å². The lowest BCUT2D eigenvalue weighted by atomic mass is 10.2. The van der Waals surface area contributed by atoms with Crippen LogP contribution in [0.4, 0.5) is 4.79 Å². The zero-order chi connectivity index (χ0) is 17.0. The second kappa shape index (κ2) is 8.32. The number of carbonyl (C=O) groups excluding carboxylic acids is 1. The van der Waals surface area contributed by atoms with Crippen LogP contribution in [0.3, 0.4) is 0 Å². The fraction of sp³-hybridized carbons (Fsp3) is 0.688. The zero-order valence-electron chi connectivity index (χ0n) is 13.8. The molecule has 0 bridgehead atoms. The Hall–Kier alpha value is -0.110. The maximum absolute atomic E-state index is 12.2. The van der Waals surface area contributed by atoms with Crippen molar-refractivity contribution in [3.63, 3.8) is 0 Å². The smallest absolute Gasteiger partial charge is 0.410 e. The molecule has 1 aromatic rings. The maximum Gasteiger partial charge on any atom is 0.410 e. The molecular weight excluding hydrogens is 444 g/mol. The van der Waals surface area contributed by atoms with E-state index in [4.69, 9.17) is 4.74 Å². The third-order valence-corrected chi connectivity index (χ3v) is 6.62. The molecule has 0 saturated heterocycles. The van der Waals surface area contributed by atoms with Gasteiger partial charge in [0.25, 0.3) is 0 Å². The van der Waals surface area contributed by atoms with E-state index in [1.165, 1.54) is 4.88 Å². The molecule has 1 fully saturated rings. The quantitative estimate of drug-likeness (QED) is 0.563. The maximum atomic E-state index is 12.2. The number of rotatable bonds is 7. The summed E-state index contributed by atoms with van der Waals surface area (Å²) < 4.78 is 7.73. The molecule has 7 heteroatoms. The first kappa shape index (κ1) is 19.2. The highest BCUT2D eigenvalue weighted by Crippen LogP contribution is 2.32. The van der Waals surface area contributed by atoms with Crippen LogP contribution in [0.25, 0.3) is 0 Å². The van der Waals surface area contributed by atoms with Crippen molar-refractivity contribution in [2.45, 2.75) is 58.2 Å². The van der Waals surface area contributed by atoms with Crippen LogP contribution in [0, 0.1) is 0 Å². The van der Waals surface area contributed by atoms with E-state index >= 15 is 0 Å². The summed E-state index contributed by atoms with van der Waals surface area (Å²) in [6.45, 7) is 8.23. The van der Waals surface area contributed by atoms with E-state index in [2.05, 4.69) is 43.2 Å². The van der Waals surface area contributed by atoms with Gasteiger partial charge in [0.05, 0.1) is 3.79 Å². The van der Waals surface area contributed by atoms with E-state index < -0.39 is 5.60 Å². The fourth-order valence-corrected chi connectivity index (χ4v) is 4.34. The molecule has 1 aromatic heterocycles. The molecule has 4 nitrogen and oxygen atoms in total. The summed E-state index contributed by atoms with van der Waals surface area (Å²) in [4.78, 5) is 15.4. The molecule has 0 spiro atoms. The van der Waals surface area contributed by atoms with Crippen molar-refractivity contribution in [3.05, 3.63) is 19.2 Å². The van der Waals surface area contributed by atoms with Gasteiger partial charge in [0.1, 0.15) is 5.60 Å². The standard InChI is InChI=1S/C16H24Br2N2O2S/c1-16(2,3)22-15(21)20(11-5-6-11)8-4-7-19-10-12-9-13(17)14(18)23-12/h9,11,19H,4-8,10H2,1-3H3. The normalized spacial score (nSPS) is 14.8. The predicted molar refractivity (Wildman–Crippen MR) is 102 cm³/mol. The van der Waals surface area contributed by atoms with Crippen molar-refractivity contribution in [1.29, 1.82) is 0 Å². The van der Waals surface area contributed by atoms with Crippen LogP contribution < -0.4 is 5.32 Å². The van der Waals surface area contributed by atoms with Gasteiger partial charge in [0.2, 0.25) is 0 Å². The Morgan fingerprint density at radius 2 is 2.13 bits per heavy atom. The Kier molecular flexibility index (Phi) is 6.95. The molecule has 2 rings (SSSR count). The molecule has 0 aliphatic heterocycles. The zero-order valence-corrected chi connectivity index (χ0v) is 17.8. The van der Waals surface area contributed by atoms with Crippen LogP contribution >= 0.6 is 43.2 Å². The van der Waals surface area contributed by atoms with E-state index in [1.807, 2.05) is 25.7 Å². The first-order valence-electron chi connectivity index (χ1n) is 7.90. The molecular formula is C16H24Br2N2O2S. The average molecular weight is 468 g/mol. The minimum absolute atomic E-state index is 0.175. The highest BCUT2D eigenvalue weighted by atomic mass is 79.9. The molecule has 0 aromatic carbocycles. The molecule has 0 radical (unpaired) electrons. The summed E-state index contributed by atoms with van der Waals surface area (Å²) in [6, 6.07) is 2.51. The van der Waals surface area contributed by atoms with Gasteiger partial charge in [-0.2, -0.15) is 0 Å². The molecule has 1 N–H and O–H groups in total. The Morgan fingerprint density at radius 1 is 1.43 bits per heavy atom. The number of amides is 1. The highest BCUT2D eigenvalue weighted by Gasteiger charge is 2.34. The molecule has 1 amide bonds. The van der Waals surface area contributed by atoms with Crippen LogP contribution in [-0.4, -0.2) is 35.7 Å². The van der Waals surface area contributed by atoms with Crippen molar-refractivity contribution in [1.82, 2.24) is 10.2 Å². The number of nitrogens with one attached hydrogen (secondary N) is 1. The van der Waals surface area contributed by atoms with Gasteiger partial charge >= 0.3 is 6.09 Å². The van der Waals surface area contributed by atoms with Crippen molar-refractivity contribution >= 4 is 49.3 Å². The van der Waals surface area contributed by atoms with Gasteiger partial charge in [0, 0.05) is 28.5 Å². The van der Waals surface area contributed by atoms with Gasteiger partial charge in [0.15, 0.2) is 0 Å². The first-order valence-corrected chi connectivity index (χ1v) is 10.3.